The molecule has 3 atom stereocenters. The quantitative estimate of drug-likeness (QED) is 0.445. The van der Waals surface area contributed by atoms with Crippen molar-refractivity contribution in [1.29, 1.82) is 0 Å². The summed E-state index contributed by atoms with van der Waals surface area (Å²) in [6.45, 7) is 6.95. The zero-order valence-electron chi connectivity index (χ0n) is 14.0. The van der Waals surface area contributed by atoms with Gasteiger partial charge in [-0.15, -0.1) is 0 Å². The van der Waals surface area contributed by atoms with Crippen molar-refractivity contribution in [3.8, 4) is 0 Å². The van der Waals surface area contributed by atoms with Gasteiger partial charge in [0.1, 0.15) is 5.60 Å². The molecule has 1 saturated carbocycles. The number of esters is 2. The Balaban J connectivity index is 2.09. The molecule has 0 N–H and O–H groups in total. The highest BCUT2D eigenvalue weighted by Crippen LogP contribution is 2.78. The van der Waals surface area contributed by atoms with Gasteiger partial charge in [0.25, 0.3) is 0 Å². The Bertz CT molecular complexity index is 738. The second-order valence-corrected chi connectivity index (χ2v) is 7.91. The van der Waals surface area contributed by atoms with Gasteiger partial charge >= 0.3 is 11.9 Å². The summed E-state index contributed by atoms with van der Waals surface area (Å²) in [4.78, 5) is 38.4. The molecule has 128 valence electrons. The van der Waals surface area contributed by atoms with Crippen LogP contribution in [0.3, 0.4) is 0 Å². The Morgan fingerprint density at radius 1 is 1.21 bits per heavy atom. The first-order valence-corrected chi connectivity index (χ1v) is 8.64. The van der Waals surface area contributed by atoms with Crippen molar-refractivity contribution < 1.29 is 23.9 Å². The van der Waals surface area contributed by atoms with Crippen LogP contribution < -0.4 is 0 Å². The van der Waals surface area contributed by atoms with Crippen LogP contribution in [0.4, 0.5) is 0 Å². The number of carbonyl (C=O) groups is 3. The number of hydrogen-bond donors (Lipinski definition) is 0. The van der Waals surface area contributed by atoms with E-state index in [1.165, 1.54) is 0 Å². The maximum Gasteiger partial charge on any atom is 0.325 e. The lowest BCUT2D eigenvalue weighted by molar-refractivity contribution is -0.166. The Labute approximate surface area is 148 Å². The molecule has 1 heterocycles. The topological polar surface area (TPSA) is 69.7 Å². The average Bonchev–Trinajstić information content (AvgIpc) is 3.03. The first kappa shape index (κ1) is 17.1. The minimum absolute atomic E-state index is 0.142. The van der Waals surface area contributed by atoms with Crippen LogP contribution in [0.15, 0.2) is 28.7 Å². The summed E-state index contributed by atoms with van der Waals surface area (Å²) in [5.74, 6) is -2.11. The highest BCUT2D eigenvalue weighted by molar-refractivity contribution is 9.10. The Morgan fingerprint density at radius 2 is 1.79 bits per heavy atom. The van der Waals surface area contributed by atoms with E-state index in [9.17, 15) is 14.4 Å². The summed E-state index contributed by atoms with van der Waals surface area (Å²) in [5, 5.41) is 0. The highest BCUT2D eigenvalue weighted by Gasteiger charge is 2.94. The van der Waals surface area contributed by atoms with Crippen molar-refractivity contribution in [2.24, 2.45) is 16.7 Å². The number of cyclic esters (lactones) is 1. The van der Waals surface area contributed by atoms with Crippen molar-refractivity contribution in [3.05, 3.63) is 34.3 Å². The molecule has 1 saturated heterocycles. The van der Waals surface area contributed by atoms with E-state index in [1.54, 1.807) is 52.0 Å². The normalized spacial score (nSPS) is 32.7. The molecular weight excluding hydrogens is 376 g/mol. The molecule has 1 aliphatic heterocycles. The van der Waals surface area contributed by atoms with Crippen LogP contribution in [0.2, 0.25) is 0 Å². The fraction of sp³-hybridized carbons (Fsp3) is 0.500. The summed E-state index contributed by atoms with van der Waals surface area (Å²) in [5.41, 5.74) is -3.14. The van der Waals surface area contributed by atoms with E-state index in [4.69, 9.17) is 9.47 Å². The van der Waals surface area contributed by atoms with Crippen molar-refractivity contribution >= 4 is 33.7 Å². The molecule has 0 spiro atoms. The number of halogens is 1. The molecule has 2 aliphatic rings. The smallest absolute Gasteiger partial charge is 0.325 e. The average molecular weight is 395 g/mol. The van der Waals surface area contributed by atoms with Gasteiger partial charge in [-0.25, -0.2) is 0 Å². The van der Waals surface area contributed by atoms with E-state index in [0.717, 1.165) is 4.47 Å². The Kier molecular flexibility index (Phi) is 3.68. The summed E-state index contributed by atoms with van der Waals surface area (Å²) in [6.07, 6.45) is 0. The molecule has 2 fully saturated rings. The summed E-state index contributed by atoms with van der Waals surface area (Å²) < 4.78 is 11.4. The summed E-state index contributed by atoms with van der Waals surface area (Å²) in [7, 11) is 0. The van der Waals surface area contributed by atoms with E-state index in [0.29, 0.717) is 5.56 Å². The maximum absolute atomic E-state index is 13.2. The van der Waals surface area contributed by atoms with Gasteiger partial charge in [-0.2, -0.15) is 0 Å². The lowest BCUT2D eigenvalue weighted by Crippen LogP contribution is -2.39. The van der Waals surface area contributed by atoms with Crippen molar-refractivity contribution in [2.45, 2.75) is 33.3 Å². The van der Waals surface area contributed by atoms with Crippen LogP contribution in [0.1, 0.15) is 38.1 Å². The van der Waals surface area contributed by atoms with Gasteiger partial charge in [0.2, 0.25) is 0 Å². The number of fused-ring (bicyclic) bond motifs is 1. The second-order valence-electron chi connectivity index (χ2n) is 6.99. The van der Waals surface area contributed by atoms with E-state index >= 15 is 0 Å². The zero-order chi connectivity index (χ0) is 17.9. The predicted molar refractivity (Wildman–Crippen MR) is 89.3 cm³/mol. The third kappa shape index (κ3) is 1.89. The highest BCUT2D eigenvalue weighted by atomic mass is 79.9. The molecule has 0 amide bonds. The maximum atomic E-state index is 13.2. The molecular formula is C18H19BrO5. The zero-order valence-corrected chi connectivity index (χ0v) is 15.6. The number of carbonyl (C=O) groups excluding carboxylic acids is 3. The van der Waals surface area contributed by atoms with Crippen LogP contribution in [0.5, 0.6) is 0 Å². The first-order valence-electron chi connectivity index (χ1n) is 7.85. The van der Waals surface area contributed by atoms with Gasteiger partial charge in [-0.1, -0.05) is 35.0 Å². The SMILES string of the molecule is CCOC(=O)[C@]12C(=O)OC(C)(C)[C@@H]1[C@]2(C)C(=O)c1ccc(Br)cc1. The molecule has 1 aliphatic carbocycles. The molecule has 0 aromatic heterocycles. The molecule has 0 bridgehead atoms. The number of Topliss-reactive ketones (excluding diaryl/α,β-unsaturated/α-hetero) is 1. The van der Waals surface area contributed by atoms with E-state index in [-0.39, 0.29) is 12.4 Å². The molecule has 0 radical (unpaired) electrons. The van der Waals surface area contributed by atoms with Crippen molar-refractivity contribution in [2.75, 3.05) is 6.61 Å². The fourth-order valence-corrected chi connectivity index (χ4v) is 4.68. The Hall–Kier alpha value is -1.69. The van der Waals surface area contributed by atoms with Crippen LogP contribution in [0, 0.1) is 16.7 Å². The van der Waals surface area contributed by atoms with Crippen LogP contribution in [0.25, 0.3) is 0 Å². The third-order valence-electron chi connectivity index (χ3n) is 5.29. The van der Waals surface area contributed by atoms with Gasteiger partial charge in [0.15, 0.2) is 11.2 Å². The number of hydrogen-bond acceptors (Lipinski definition) is 5. The summed E-state index contributed by atoms with van der Waals surface area (Å²) >= 11 is 3.33. The lowest BCUT2D eigenvalue weighted by atomic mass is 9.85. The predicted octanol–water partition coefficient (Wildman–Crippen LogP) is 3.15. The van der Waals surface area contributed by atoms with Gasteiger partial charge in [-0.05, 0) is 32.9 Å². The molecule has 3 rings (SSSR count). The second kappa shape index (κ2) is 5.15. The fourth-order valence-electron chi connectivity index (χ4n) is 4.41. The first-order chi connectivity index (χ1) is 11.1. The molecule has 24 heavy (non-hydrogen) atoms. The van der Waals surface area contributed by atoms with Gasteiger partial charge in [0.05, 0.1) is 12.0 Å². The van der Waals surface area contributed by atoms with Gasteiger partial charge in [-0.3, -0.25) is 14.4 Å². The van der Waals surface area contributed by atoms with Crippen LogP contribution >= 0.6 is 15.9 Å². The molecule has 1 aromatic rings. The third-order valence-corrected chi connectivity index (χ3v) is 5.82. The van der Waals surface area contributed by atoms with Crippen LogP contribution in [-0.4, -0.2) is 29.9 Å². The Morgan fingerprint density at radius 3 is 2.33 bits per heavy atom. The molecule has 6 heteroatoms. The van der Waals surface area contributed by atoms with Gasteiger partial charge in [0, 0.05) is 16.0 Å². The molecule has 5 nitrogen and oxygen atoms in total. The van der Waals surface area contributed by atoms with E-state index in [2.05, 4.69) is 15.9 Å². The number of ether oxygens (including phenoxy) is 2. The van der Waals surface area contributed by atoms with Crippen molar-refractivity contribution in [3.63, 3.8) is 0 Å². The number of benzene rings is 1. The monoisotopic (exact) mass is 394 g/mol. The molecule has 1 aromatic carbocycles. The number of rotatable bonds is 4. The molecule has 0 unspecified atom stereocenters. The number of ketones is 1. The standard InChI is InChI=1S/C18H19BrO5/c1-5-23-14(21)18-13(16(2,3)24-15(18)22)17(18,4)12(20)10-6-8-11(19)9-7-10/h6-9,13H,5H2,1-4H3/t13-,17+,18+/m1/s1. The van der Waals surface area contributed by atoms with E-state index < -0.39 is 34.3 Å². The minimum atomic E-state index is -1.54. The largest absolute Gasteiger partial charge is 0.465 e. The van der Waals surface area contributed by atoms with Crippen molar-refractivity contribution in [1.82, 2.24) is 0 Å². The van der Waals surface area contributed by atoms with Crippen LogP contribution in [-0.2, 0) is 19.1 Å². The summed E-state index contributed by atoms with van der Waals surface area (Å²) in [6, 6.07) is 6.89. The van der Waals surface area contributed by atoms with E-state index in [1.807, 2.05) is 0 Å². The lowest BCUT2D eigenvalue weighted by Gasteiger charge is -2.26. The van der Waals surface area contributed by atoms with Gasteiger partial charge < -0.3 is 9.47 Å². The minimum Gasteiger partial charge on any atom is -0.465 e.